The van der Waals surface area contributed by atoms with Gasteiger partial charge in [-0.05, 0) is 43.0 Å². The summed E-state index contributed by atoms with van der Waals surface area (Å²) in [5, 5.41) is 0. The molecule has 1 aliphatic rings. The summed E-state index contributed by atoms with van der Waals surface area (Å²) in [4.78, 5) is 25.0. The number of rotatable bonds is 2. The third-order valence-corrected chi connectivity index (χ3v) is 3.31. The van der Waals surface area contributed by atoms with Crippen molar-refractivity contribution in [2.45, 2.75) is 26.7 Å². The molecular formula is C15H19NO3. The molecule has 1 aliphatic heterocycles. The van der Waals surface area contributed by atoms with E-state index in [0.29, 0.717) is 17.2 Å². The van der Waals surface area contributed by atoms with E-state index in [1.54, 1.807) is 24.3 Å². The number of esters is 1. The van der Waals surface area contributed by atoms with E-state index in [1.807, 2.05) is 4.90 Å². The molecule has 4 nitrogen and oxygen atoms in total. The van der Waals surface area contributed by atoms with Gasteiger partial charge in [0.1, 0.15) is 5.75 Å². The standard InChI is InChI=1S/C15H19NO3/c1-11-4-3-9-16(10-11)15(18)13-5-7-14(8-6-13)19-12(2)17/h5-8,11H,3-4,9-10H2,1-2H3/t11-/m0/s1. The molecule has 0 N–H and O–H groups in total. The monoisotopic (exact) mass is 261 g/mol. The summed E-state index contributed by atoms with van der Waals surface area (Å²) in [5.74, 6) is 0.735. The Labute approximate surface area is 113 Å². The summed E-state index contributed by atoms with van der Waals surface area (Å²) in [7, 11) is 0. The molecule has 1 heterocycles. The van der Waals surface area contributed by atoms with Gasteiger partial charge in [-0.2, -0.15) is 0 Å². The molecule has 0 aliphatic carbocycles. The van der Waals surface area contributed by atoms with Gasteiger partial charge in [0, 0.05) is 25.6 Å². The minimum atomic E-state index is -0.357. The van der Waals surface area contributed by atoms with Gasteiger partial charge in [0.05, 0.1) is 0 Å². The molecule has 1 aromatic carbocycles. The Morgan fingerprint density at radius 1 is 1.26 bits per heavy atom. The Bertz CT molecular complexity index is 467. The van der Waals surface area contributed by atoms with E-state index in [9.17, 15) is 9.59 Å². The molecule has 1 fully saturated rings. The van der Waals surface area contributed by atoms with E-state index >= 15 is 0 Å². The lowest BCUT2D eigenvalue weighted by Gasteiger charge is -2.31. The number of hydrogen-bond acceptors (Lipinski definition) is 3. The first-order valence-corrected chi connectivity index (χ1v) is 6.64. The Kier molecular flexibility index (Phi) is 4.20. The van der Waals surface area contributed by atoms with Gasteiger partial charge in [0.25, 0.3) is 5.91 Å². The van der Waals surface area contributed by atoms with E-state index in [2.05, 4.69) is 6.92 Å². The van der Waals surface area contributed by atoms with Gasteiger partial charge >= 0.3 is 5.97 Å². The van der Waals surface area contributed by atoms with Crippen LogP contribution in [0.15, 0.2) is 24.3 Å². The molecule has 102 valence electrons. The summed E-state index contributed by atoms with van der Waals surface area (Å²) in [6.45, 7) is 5.18. The van der Waals surface area contributed by atoms with Crippen LogP contribution in [0.5, 0.6) is 5.75 Å². The summed E-state index contributed by atoms with van der Waals surface area (Å²) >= 11 is 0. The predicted molar refractivity (Wildman–Crippen MR) is 72.1 cm³/mol. The van der Waals surface area contributed by atoms with Crippen molar-refractivity contribution in [1.82, 2.24) is 4.90 Å². The lowest BCUT2D eigenvalue weighted by atomic mass is 9.99. The predicted octanol–water partition coefficient (Wildman–Crippen LogP) is 2.48. The largest absolute Gasteiger partial charge is 0.427 e. The van der Waals surface area contributed by atoms with Crippen LogP contribution in [-0.4, -0.2) is 29.9 Å². The summed E-state index contributed by atoms with van der Waals surface area (Å²) in [6.07, 6.45) is 2.26. The molecule has 0 spiro atoms. The van der Waals surface area contributed by atoms with Crippen LogP contribution in [0.2, 0.25) is 0 Å². The van der Waals surface area contributed by atoms with Crippen LogP contribution in [0.3, 0.4) is 0 Å². The van der Waals surface area contributed by atoms with Crippen molar-refractivity contribution in [1.29, 1.82) is 0 Å². The van der Waals surface area contributed by atoms with Crippen LogP contribution in [-0.2, 0) is 4.79 Å². The Morgan fingerprint density at radius 3 is 2.53 bits per heavy atom. The fourth-order valence-corrected chi connectivity index (χ4v) is 2.39. The van der Waals surface area contributed by atoms with Crippen LogP contribution in [0.4, 0.5) is 0 Å². The van der Waals surface area contributed by atoms with Crippen molar-refractivity contribution in [3.05, 3.63) is 29.8 Å². The minimum Gasteiger partial charge on any atom is -0.427 e. The minimum absolute atomic E-state index is 0.0564. The number of ether oxygens (including phenoxy) is 1. The zero-order chi connectivity index (χ0) is 13.8. The Morgan fingerprint density at radius 2 is 1.95 bits per heavy atom. The maximum atomic E-state index is 12.3. The molecule has 0 unspecified atom stereocenters. The molecule has 1 aromatic rings. The van der Waals surface area contributed by atoms with Crippen LogP contribution in [0.25, 0.3) is 0 Å². The van der Waals surface area contributed by atoms with Crippen molar-refractivity contribution in [2.75, 3.05) is 13.1 Å². The van der Waals surface area contributed by atoms with Crippen molar-refractivity contribution in [3.8, 4) is 5.75 Å². The van der Waals surface area contributed by atoms with Crippen LogP contribution in [0.1, 0.15) is 37.0 Å². The fourth-order valence-electron chi connectivity index (χ4n) is 2.39. The lowest BCUT2D eigenvalue weighted by Crippen LogP contribution is -2.39. The van der Waals surface area contributed by atoms with Crippen molar-refractivity contribution in [2.24, 2.45) is 5.92 Å². The van der Waals surface area contributed by atoms with E-state index in [-0.39, 0.29) is 11.9 Å². The van der Waals surface area contributed by atoms with Gasteiger partial charge in [-0.25, -0.2) is 0 Å². The molecule has 0 saturated carbocycles. The molecule has 4 heteroatoms. The normalized spacial score (nSPS) is 19.1. The highest BCUT2D eigenvalue weighted by Gasteiger charge is 2.21. The Balaban J connectivity index is 2.04. The van der Waals surface area contributed by atoms with Gasteiger partial charge in [-0.15, -0.1) is 0 Å². The Hall–Kier alpha value is -1.84. The lowest BCUT2D eigenvalue weighted by molar-refractivity contribution is -0.131. The molecule has 0 bridgehead atoms. The zero-order valence-electron chi connectivity index (χ0n) is 11.4. The highest BCUT2D eigenvalue weighted by atomic mass is 16.5. The van der Waals surface area contributed by atoms with Crippen molar-refractivity contribution in [3.63, 3.8) is 0 Å². The first kappa shape index (κ1) is 13.6. The van der Waals surface area contributed by atoms with Gasteiger partial charge < -0.3 is 9.64 Å². The molecule has 19 heavy (non-hydrogen) atoms. The topological polar surface area (TPSA) is 46.6 Å². The molecule has 0 radical (unpaired) electrons. The highest BCUT2D eigenvalue weighted by molar-refractivity contribution is 5.94. The number of likely N-dealkylation sites (tertiary alicyclic amines) is 1. The second-order valence-electron chi connectivity index (χ2n) is 5.12. The van der Waals surface area contributed by atoms with E-state index in [4.69, 9.17) is 4.74 Å². The molecule has 1 saturated heterocycles. The fraction of sp³-hybridized carbons (Fsp3) is 0.467. The van der Waals surface area contributed by atoms with Gasteiger partial charge in [0.15, 0.2) is 0 Å². The quantitative estimate of drug-likeness (QED) is 0.607. The van der Waals surface area contributed by atoms with E-state index < -0.39 is 0 Å². The number of carbonyl (C=O) groups excluding carboxylic acids is 2. The summed E-state index contributed by atoms with van der Waals surface area (Å²) in [5.41, 5.74) is 0.644. The van der Waals surface area contributed by atoms with E-state index in [0.717, 1.165) is 19.5 Å². The second-order valence-corrected chi connectivity index (χ2v) is 5.12. The smallest absolute Gasteiger partial charge is 0.308 e. The third kappa shape index (κ3) is 3.56. The van der Waals surface area contributed by atoms with Crippen LogP contribution in [0, 0.1) is 5.92 Å². The van der Waals surface area contributed by atoms with E-state index in [1.165, 1.54) is 13.3 Å². The molecule has 1 amide bonds. The van der Waals surface area contributed by atoms with Gasteiger partial charge in [-0.3, -0.25) is 9.59 Å². The number of hydrogen-bond donors (Lipinski definition) is 0. The zero-order valence-corrected chi connectivity index (χ0v) is 11.4. The first-order valence-electron chi connectivity index (χ1n) is 6.64. The second kappa shape index (κ2) is 5.87. The SMILES string of the molecule is CC(=O)Oc1ccc(C(=O)N2CCC[C@H](C)C2)cc1. The molecule has 0 aromatic heterocycles. The highest BCUT2D eigenvalue weighted by Crippen LogP contribution is 2.19. The maximum Gasteiger partial charge on any atom is 0.308 e. The average molecular weight is 261 g/mol. The summed E-state index contributed by atoms with van der Waals surface area (Å²) in [6, 6.07) is 6.73. The summed E-state index contributed by atoms with van der Waals surface area (Å²) < 4.78 is 4.95. The molecule has 1 atom stereocenters. The van der Waals surface area contributed by atoms with Gasteiger partial charge in [0.2, 0.25) is 0 Å². The molecular weight excluding hydrogens is 242 g/mol. The van der Waals surface area contributed by atoms with Crippen LogP contribution >= 0.6 is 0 Å². The number of amides is 1. The number of nitrogens with zero attached hydrogens (tertiary/aromatic N) is 1. The van der Waals surface area contributed by atoms with Crippen molar-refractivity contribution < 1.29 is 14.3 Å². The van der Waals surface area contributed by atoms with Crippen molar-refractivity contribution >= 4 is 11.9 Å². The number of benzene rings is 1. The third-order valence-electron chi connectivity index (χ3n) is 3.31. The van der Waals surface area contributed by atoms with Gasteiger partial charge in [-0.1, -0.05) is 6.92 Å². The first-order chi connectivity index (χ1) is 9.06. The van der Waals surface area contributed by atoms with Crippen LogP contribution < -0.4 is 4.74 Å². The molecule has 2 rings (SSSR count). The number of carbonyl (C=O) groups is 2. The maximum absolute atomic E-state index is 12.3. The number of piperidine rings is 1. The average Bonchev–Trinajstić information content (AvgIpc) is 2.38.